The van der Waals surface area contributed by atoms with Gasteiger partial charge in [-0.2, -0.15) is 0 Å². The third-order valence-electron chi connectivity index (χ3n) is 5.06. The van der Waals surface area contributed by atoms with Crippen molar-refractivity contribution in [3.05, 3.63) is 12.7 Å². The third kappa shape index (κ3) is 13.0. The second kappa shape index (κ2) is 17.1. The van der Waals surface area contributed by atoms with E-state index in [2.05, 4.69) is 6.58 Å². The highest BCUT2D eigenvalue weighted by molar-refractivity contribution is 5.83. The molecule has 0 spiro atoms. The molecule has 26 heavy (non-hydrogen) atoms. The molecule has 4 nitrogen and oxygen atoms in total. The molecule has 4 heteroatoms. The molecule has 0 aliphatic rings. The van der Waals surface area contributed by atoms with Crippen LogP contribution in [0.25, 0.3) is 0 Å². The molecule has 0 bridgehead atoms. The number of aliphatic carboxylic acids is 1. The van der Waals surface area contributed by atoms with Crippen LogP contribution in [0.3, 0.4) is 0 Å². The first-order valence-electron chi connectivity index (χ1n) is 10.7. The van der Waals surface area contributed by atoms with Crippen molar-refractivity contribution in [3.63, 3.8) is 0 Å². The maximum atomic E-state index is 12.4. The normalized spacial score (nSPS) is 11.9. The van der Waals surface area contributed by atoms with Gasteiger partial charge in [-0.05, 0) is 33.1 Å². The highest BCUT2D eigenvalue weighted by Crippen LogP contribution is 2.19. The minimum atomic E-state index is -0.872. The first kappa shape index (κ1) is 24.7. The lowest BCUT2D eigenvalue weighted by molar-refractivity contribution is -0.144. The van der Waals surface area contributed by atoms with E-state index in [4.69, 9.17) is 5.11 Å². The van der Waals surface area contributed by atoms with E-state index in [1.807, 2.05) is 19.9 Å². The second-order valence-corrected chi connectivity index (χ2v) is 7.21. The molecule has 1 atom stereocenters. The number of hydrogen-bond acceptors (Lipinski definition) is 2. The zero-order valence-electron chi connectivity index (χ0n) is 17.2. The molecule has 0 rings (SSSR count). The Kier molecular flexibility index (Phi) is 16.2. The third-order valence-corrected chi connectivity index (χ3v) is 5.06. The quantitative estimate of drug-likeness (QED) is 0.245. The minimum absolute atomic E-state index is 0.00820. The lowest BCUT2D eigenvalue weighted by atomic mass is 9.95. The summed E-state index contributed by atoms with van der Waals surface area (Å²) in [5.74, 6) is -1.22. The Labute approximate surface area is 161 Å². The molecular weight excluding hydrogens is 326 g/mol. The van der Waals surface area contributed by atoms with Gasteiger partial charge in [0.05, 0.1) is 6.42 Å². The van der Waals surface area contributed by atoms with Crippen molar-refractivity contribution >= 4 is 11.9 Å². The number of amides is 1. The smallest absolute Gasteiger partial charge is 0.304 e. The van der Waals surface area contributed by atoms with Gasteiger partial charge in [-0.15, -0.1) is 6.58 Å². The van der Waals surface area contributed by atoms with Crippen LogP contribution in [0.5, 0.6) is 0 Å². The number of nitrogens with zero attached hydrogens (tertiary/aromatic N) is 1. The molecule has 0 aromatic rings. The maximum absolute atomic E-state index is 12.4. The lowest BCUT2D eigenvalue weighted by Gasteiger charge is -2.24. The summed E-state index contributed by atoms with van der Waals surface area (Å²) in [6, 6.07) is 0. The van der Waals surface area contributed by atoms with Crippen molar-refractivity contribution in [3.8, 4) is 0 Å². The molecule has 1 amide bonds. The lowest BCUT2D eigenvalue weighted by Crippen LogP contribution is -2.36. The molecule has 0 fully saturated rings. The van der Waals surface area contributed by atoms with Gasteiger partial charge in [0, 0.05) is 19.0 Å². The Balaban J connectivity index is 3.80. The van der Waals surface area contributed by atoms with Crippen LogP contribution in [0.1, 0.15) is 97.3 Å². The molecule has 0 aliphatic heterocycles. The fourth-order valence-electron chi connectivity index (χ4n) is 3.41. The average Bonchev–Trinajstić information content (AvgIpc) is 2.62. The second-order valence-electron chi connectivity index (χ2n) is 7.21. The Bertz CT molecular complexity index is 378. The summed E-state index contributed by atoms with van der Waals surface area (Å²) in [5, 5.41) is 9.08. The summed E-state index contributed by atoms with van der Waals surface area (Å²) in [7, 11) is 0. The van der Waals surface area contributed by atoms with Gasteiger partial charge < -0.3 is 10.0 Å². The van der Waals surface area contributed by atoms with Crippen LogP contribution < -0.4 is 0 Å². The van der Waals surface area contributed by atoms with E-state index in [1.165, 1.54) is 51.4 Å². The zero-order chi connectivity index (χ0) is 19.6. The highest BCUT2D eigenvalue weighted by atomic mass is 16.4. The monoisotopic (exact) mass is 367 g/mol. The fraction of sp³-hybridized carbons (Fsp3) is 0.818. The molecule has 0 aliphatic carbocycles. The molecule has 0 radical (unpaired) electrons. The van der Waals surface area contributed by atoms with Gasteiger partial charge in [0.25, 0.3) is 0 Å². The van der Waals surface area contributed by atoms with Gasteiger partial charge in [-0.1, -0.05) is 63.9 Å². The predicted molar refractivity (Wildman–Crippen MR) is 109 cm³/mol. The molecule has 152 valence electrons. The van der Waals surface area contributed by atoms with Crippen LogP contribution >= 0.6 is 0 Å². The van der Waals surface area contributed by atoms with Crippen molar-refractivity contribution in [2.45, 2.75) is 97.3 Å². The van der Waals surface area contributed by atoms with Crippen LogP contribution in [-0.2, 0) is 9.59 Å². The summed E-state index contributed by atoms with van der Waals surface area (Å²) in [6.45, 7) is 8.93. The summed E-state index contributed by atoms with van der Waals surface area (Å²) < 4.78 is 0. The van der Waals surface area contributed by atoms with E-state index in [9.17, 15) is 9.59 Å². The average molecular weight is 368 g/mol. The highest BCUT2D eigenvalue weighted by Gasteiger charge is 2.24. The molecule has 1 N–H and O–H groups in total. The van der Waals surface area contributed by atoms with Crippen LogP contribution in [0.2, 0.25) is 0 Å². The van der Waals surface area contributed by atoms with Crippen LogP contribution in [0, 0.1) is 5.92 Å². The number of allylic oxidation sites excluding steroid dienone is 1. The van der Waals surface area contributed by atoms with Crippen molar-refractivity contribution in [1.82, 2.24) is 4.90 Å². The number of hydrogen-bond donors (Lipinski definition) is 1. The first-order chi connectivity index (χ1) is 12.6. The van der Waals surface area contributed by atoms with Crippen LogP contribution in [0.4, 0.5) is 0 Å². The topological polar surface area (TPSA) is 57.6 Å². The van der Waals surface area contributed by atoms with Gasteiger partial charge in [-0.25, -0.2) is 0 Å². The SMILES string of the molecule is C=CCCCCCCCCCCCCC(CC(=O)O)C(=O)N(CC)CC. The number of carbonyl (C=O) groups excluding carboxylic acids is 1. The maximum Gasteiger partial charge on any atom is 0.304 e. The van der Waals surface area contributed by atoms with E-state index < -0.39 is 5.97 Å². The number of carboxylic acids is 1. The standard InChI is InChI=1S/C22H41NO3/c1-4-7-8-9-10-11-12-13-14-15-16-17-18-20(19-21(24)25)22(26)23(5-2)6-3/h4,20H,1,5-19H2,2-3H3,(H,24,25). The number of carboxylic acid groups (broad SMARTS) is 1. The predicted octanol–water partition coefficient (Wildman–Crippen LogP) is 5.81. The molecular formula is C22H41NO3. The summed E-state index contributed by atoms with van der Waals surface area (Å²) in [4.78, 5) is 25.2. The Morgan fingerprint density at radius 1 is 0.885 bits per heavy atom. The summed E-state index contributed by atoms with van der Waals surface area (Å²) in [6.07, 6.45) is 16.1. The zero-order valence-corrected chi connectivity index (χ0v) is 17.2. The van der Waals surface area contributed by atoms with Crippen molar-refractivity contribution in [2.75, 3.05) is 13.1 Å². The largest absolute Gasteiger partial charge is 0.481 e. The molecule has 0 aromatic heterocycles. The first-order valence-corrected chi connectivity index (χ1v) is 10.7. The van der Waals surface area contributed by atoms with Gasteiger partial charge in [0.2, 0.25) is 5.91 Å². The Hall–Kier alpha value is -1.32. The molecule has 0 heterocycles. The number of unbranched alkanes of at least 4 members (excludes halogenated alkanes) is 10. The summed E-state index contributed by atoms with van der Waals surface area (Å²) in [5.41, 5.74) is 0. The fourth-order valence-corrected chi connectivity index (χ4v) is 3.41. The van der Waals surface area contributed by atoms with Crippen LogP contribution in [-0.4, -0.2) is 35.0 Å². The minimum Gasteiger partial charge on any atom is -0.481 e. The number of rotatable bonds is 18. The van der Waals surface area contributed by atoms with E-state index in [0.717, 1.165) is 19.3 Å². The van der Waals surface area contributed by atoms with Crippen molar-refractivity contribution in [1.29, 1.82) is 0 Å². The summed E-state index contributed by atoms with van der Waals surface area (Å²) >= 11 is 0. The Morgan fingerprint density at radius 3 is 1.77 bits per heavy atom. The molecule has 0 saturated carbocycles. The van der Waals surface area contributed by atoms with Gasteiger partial charge in [-0.3, -0.25) is 9.59 Å². The Morgan fingerprint density at radius 2 is 1.35 bits per heavy atom. The van der Waals surface area contributed by atoms with Gasteiger partial charge in [0.15, 0.2) is 0 Å². The van der Waals surface area contributed by atoms with E-state index >= 15 is 0 Å². The van der Waals surface area contributed by atoms with Gasteiger partial charge in [0.1, 0.15) is 0 Å². The van der Waals surface area contributed by atoms with Gasteiger partial charge >= 0.3 is 5.97 Å². The van der Waals surface area contributed by atoms with E-state index in [1.54, 1.807) is 4.90 Å². The van der Waals surface area contributed by atoms with Crippen LogP contribution in [0.15, 0.2) is 12.7 Å². The van der Waals surface area contributed by atoms with Crippen molar-refractivity contribution in [2.24, 2.45) is 5.92 Å². The molecule has 1 unspecified atom stereocenters. The number of carbonyl (C=O) groups is 2. The molecule has 0 saturated heterocycles. The van der Waals surface area contributed by atoms with E-state index in [-0.39, 0.29) is 18.2 Å². The molecule has 0 aromatic carbocycles. The van der Waals surface area contributed by atoms with E-state index in [0.29, 0.717) is 19.5 Å². The van der Waals surface area contributed by atoms with Crippen molar-refractivity contribution < 1.29 is 14.7 Å².